The van der Waals surface area contributed by atoms with Crippen LogP contribution in [0.15, 0.2) is 0 Å². The zero-order valence-corrected chi connectivity index (χ0v) is 8.42. The maximum atomic E-state index is 10.2. The molecule has 1 saturated heterocycles. The molecule has 15 heavy (non-hydrogen) atoms. The minimum absolute atomic E-state index is 0.148. The molecule has 1 heterocycles. The molecule has 0 saturated carbocycles. The number of carbonyl (C=O) groups excluding carboxylic acids is 3. The molecule has 0 aromatic rings. The van der Waals surface area contributed by atoms with Gasteiger partial charge in [0.1, 0.15) is 0 Å². The van der Waals surface area contributed by atoms with E-state index in [2.05, 4.69) is 0 Å². The molecule has 0 aliphatic carbocycles. The van der Waals surface area contributed by atoms with Crippen LogP contribution < -0.4 is 0 Å². The molecule has 3 amide bonds. The van der Waals surface area contributed by atoms with Gasteiger partial charge in [-0.1, -0.05) is 6.92 Å². The maximum Gasteiger partial charge on any atom is 0.253 e. The van der Waals surface area contributed by atoms with E-state index >= 15 is 0 Å². The second-order valence-electron chi connectivity index (χ2n) is 2.87. The van der Waals surface area contributed by atoms with Crippen molar-refractivity contribution in [2.75, 3.05) is 6.54 Å². The molecule has 0 radical (unpaired) electrons. The number of nitrogens with zero attached hydrogens (tertiary/aromatic N) is 2. The van der Waals surface area contributed by atoms with Crippen molar-refractivity contribution in [3.63, 3.8) is 0 Å². The van der Waals surface area contributed by atoms with E-state index < -0.39 is 11.8 Å². The minimum atomic E-state index is -0.505. The maximum absolute atomic E-state index is 10.2. The smallest absolute Gasteiger partial charge is 0.253 e. The van der Waals surface area contributed by atoms with Gasteiger partial charge in [-0.15, -0.1) is 0 Å². The number of rotatable bonds is 3. The molecular weight excluding hydrogens is 204 g/mol. The lowest BCUT2D eigenvalue weighted by Crippen LogP contribution is -2.24. The summed E-state index contributed by atoms with van der Waals surface area (Å²) in [6.07, 6.45) is 1.48. The van der Waals surface area contributed by atoms with Gasteiger partial charge in [0.25, 0.3) is 11.8 Å². The summed E-state index contributed by atoms with van der Waals surface area (Å²) in [4.78, 5) is 30.0. The van der Waals surface area contributed by atoms with Crippen LogP contribution in [0.4, 0.5) is 0 Å². The molecular formula is C8H14N2O5. The fraction of sp³-hybridized carbons (Fsp3) is 0.625. The van der Waals surface area contributed by atoms with Gasteiger partial charge in [-0.05, 0) is 6.42 Å². The zero-order valence-electron chi connectivity index (χ0n) is 8.42. The Kier molecular flexibility index (Phi) is 6.23. The normalized spacial score (nSPS) is 14.7. The van der Waals surface area contributed by atoms with Crippen molar-refractivity contribution < 1.29 is 24.8 Å². The molecule has 2 N–H and O–H groups in total. The van der Waals surface area contributed by atoms with Crippen LogP contribution in [-0.2, 0) is 14.4 Å². The highest BCUT2D eigenvalue weighted by molar-refractivity contribution is 6.00. The van der Waals surface area contributed by atoms with Crippen molar-refractivity contribution >= 4 is 18.2 Å². The molecule has 1 aliphatic heterocycles. The Morgan fingerprint density at radius 1 is 1.40 bits per heavy atom. The standard InChI is InChI=1S/C4H5NO3.C4H9NO2/c6-3-1-2-4(7)5(3)8;1-2-3-5(7)4-6/h8H,1-2H2;4,7H,2-3H2,1H3. The molecule has 7 nitrogen and oxygen atoms in total. The van der Waals surface area contributed by atoms with Crippen LogP contribution in [0.25, 0.3) is 0 Å². The summed E-state index contributed by atoms with van der Waals surface area (Å²) in [5.74, 6) is -1.01. The molecule has 1 fully saturated rings. The van der Waals surface area contributed by atoms with E-state index in [4.69, 9.17) is 10.4 Å². The predicted octanol–water partition coefficient (Wildman–Crippen LogP) is -0.231. The third kappa shape index (κ3) is 5.08. The van der Waals surface area contributed by atoms with E-state index in [1.807, 2.05) is 6.92 Å². The van der Waals surface area contributed by atoms with Gasteiger partial charge in [0.05, 0.1) is 0 Å². The number of amides is 3. The third-order valence-corrected chi connectivity index (χ3v) is 1.60. The summed E-state index contributed by atoms with van der Waals surface area (Å²) >= 11 is 0. The van der Waals surface area contributed by atoms with Gasteiger partial charge < -0.3 is 0 Å². The molecule has 0 unspecified atom stereocenters. The number of carbonyl (C=O) groups is 3. The van der Waals surface area contributed by atoms with Gasteiger partial charge in [0.15, 0.2) is 0 Å². The van der Waals surface area contributed by atoms with Crippen LogP contribution in [0.1, 0.15) is 26.2 Å². The van der Waals surface area contributed by atoms with Crippen LogP contribution in [0.3, 0.4) is 0 Å². The topological polar surface area (TPSA) is 98.2 Å². The van der Waals surface area contributed by atoms with E-state index in [0.717, 1.165) is 6.42 Å². The van der Waals surface area contributed by atoms with E-state index in [1.54, 1.807) is 0 Å². The number of hydrogen-bond donors (Lipinski definition) is 2. The second kappa shape index (κ2) is 6.91. The van der Waals surface area contributed by atoms with Crippen molar-refractivity contribution in [2.45, 2.75) is 26.2 Å². The van der Waals surface area contributed by atoms with E-state index in [0.29, 0.717) is 18.0 Å². The number of hydroxylamine groups is 4. The predicted molar refractivity (Wildman–Crippen MR) is 47.7 cm³/mol. The van der Waals surface area contributed by atoms with Crippen molar-refractivity contribution in [1.82, 2.24) is 10.1 Å². The largest absolute Gasteiger partial charge is 0.286 e. The van der Waals surface area contributed by atoms with Crippen molar-refractivity contribution in [2.24, 2.45) is 0 Å². The summed E-state index contributed by atoms with van der Waals surface area (Å²) in [6.45, 7) is 2.30. The molecule has 0 atom stereocenters. The molecule has 7 heteroatoms. The van der Waals surface area contributed by atoms with Crippen LogP contribution in [0.5, 0.6) is 0 Å². The van der Waals surface area contributed by atoms with E-state index in [-0.39, 0.29) is 17.9 Å². The Morgan fingerprint density at radius 2 is 1.87 bits per heavy atom. The average molecular weight is 218 g/mol. The highest BCUT2D eigenvalue weighted by Gasteiger charge is 2.26. The average Bonchev–Trinajstić information content (AvgIpc) is 2.51. The summed E-state index contributed by atoms with van der Waals surface area (Å²) in [6, 6.07) is 0. The molecule has 0 aromatic heterocycles. The summed E-state index contributed by atoms with van der Waals surface area (Å²) < 4.78 is 0. The number of imide groups is 1. The van der Waals surface area contributed by atoms with Gasteiger partial charge >= 0.3 is 0 Å². The molecule has 0 aromatic carbocycles. The van der Waals surface area contributed by atoms with Crippen LogP contribution >= 0.6 is 0 Å². The highest BCUT2D eigenvalue weighted by Crippen LogP contribution is 2.06. The second-order valence-corrected chi connectivity index (χ2v) is 2.87. The Bertz CT molecular complexity index is 227. The highest BCUT2D eigenvalue weighted by atomic mass is 16.5. The number of hydrogen-bond acceptors (Lipinski definition) is 5. The fourth-order valence-corrected chi connectivity index (χ4v) is 0.847. The summed E-state index contributed by atoms with van der Waals surface area (Å²) in [5.41, 5.74) is 0. The first-order chi connectivity index (χ1) is 7.02. The van der Waals surface area contributed by atoms with Crippen molar-refractivity contribution in [3.8, 4) is 0 Å². The van der Waals surface area contributed by atoms with Gasteiger partial charge in [0.2, 0.25) is 6.41 Å². The molecule has 0 bridgehead atoms. The molecule has 1 aliphatic rings. The summed E-state index contributed by atoms with van der Waals surface area (Å²) in [7, 11) is 0. The van der Waals surface area contributed by atoms with Gasteiger partial charge in [-0.25, -0.2) is 5.06 Å². The van der Waals surface area contributed by atoms with Crippen LogP contribution in [-0.4, -0.2) is 45.3 Å². The molecule has 1 rings (SSSR count). The lowest BCUT2D eigenvalue weighted by atomic mass is 10.4. The Hall–Kier alpha value is -1.47. The van der Waals surface area contributed by atoms with E-state index in [9.17, 15) is 14.4 Å². The van der Waals surface area contributed by atoms with Gasteiger partial charge in [-0.3, -0.25) is 24.8 Å². The Labute approximate surface area is 86.8 Å². The van der Waals surface area contributed by atoms with Crippen LogP contribution in [0.2, 0.25) is 0 Å². The van der Waals surface area contributed by atoms with Crippen molar-refractivity contribution in [3.05, 3.63) is 0 Å². The Balaban J connectivity index is 0.000000265. The summed E-state index contributed by atoms with van der Waals surface area (Å²) in [5, 5.41) is 17.5. The quantitative estimate of drug-likeness (QED) is 0.295. The fourth-order valence-electron chi connectivity index (χ4n) is 0.847. The lowest BCUT2D eigenvalue weighted by molar-refractivity contribution is -0.171. The monoisotopic (exact) mass is 218 g/mol. The third-order valence-electron chi connectivity index (χ3n) is 1.60. The zero-order chi connectivity index (χ0) is 11.8. The molecule has 86 valence electrons. The first-order valence-corrected chi connectivity index (χ1v) is 4.48. The minimum Gasteiger partial charge on any atom is -0.286 e. The first kappa shape index (κ1) is 13.5. The Morgan fingerprint density at radius 3 is 2.00 bits per heavy atom. The van der Waals surface area contributed by atoms with Gasteiger partial charge in [-0.2, -0.15) is 5.06 Å². The SMILES string of the molecule is CCCN(O)C=O.O=C1CCC(=O)N1O. The molecule has 0 spiro atoms. The van der Waals surface area contributed by atoms with Crippen molar-refractivity contribution in [1.29, 1.82) is 0 Å². The van der Waals surface area contributed by atoms with Gasteiger partial charge in [0, 0.05) is 19.4 Å². The van der Waals surface area contributed by atoms with E-state index in [1.165, 1.54) is 0 Å². The first-order valence-electron chi connectivity index (χ1n) is 4.48. The van der Waals surface area contributed by atoms with Crippen LogP contribution in [0, 0.1) is 0 Å². The lowest BCUT2D eigenvalue weighted by Gasteiger charge is -2.02.